The third kappa shape index (κ3) is 6.16. The fourth-order valence-corrected chi connectivity index (χ4v) is 5.42. The van der Waals surface area contributed by atoms with Crippen molar-refractivity contribution in [2.24, 2.45) is 0 Å². The molecular formula is C28H39N7O5. The van der Waals surface area contributed by atoms with Crippen molar-refractivity contribution in [1.82, 2.24) is 24.9 Å². The van der Waals surface area contributed by atoms with Crippen molar-refractivity contribution in [3.05, 3.63) is 35.4 Å². The van der Waals surface area contributed by atoms with Gasteiger partial charge in [0.1, 0.15) is 11.4 Å². The Balaban J connectivity index is 1.41. The van der Waals surface area contributed by atoms with Crippen LogP contribution < -0.4 is 15.5 Å². The van der Waals surface area contributed by atoms with Gasteiger partial charge in [-0.25, -0.2) is 14.3 Å². The number of carbonyl (C=O) groups is 3. The Hall–Kier alpha value is -3.80. The number of amides is 4. The van der Waals surface area contributed by atoms with Crippen molar-refractivity contribution in [2.75, 3.05) is 63.2 Å². The maximum Gasteiger partial charge on any atom is 0.410 e. The first-order valence-corrected chi connectivity index (χ1v) is 14.0. The normalized spacial score (nSPS) is 17.9. The van der Waals surface area contributed by atoms with Gasteiger partial charge in [0.25, 0.3) is 5.91 Å². The number of fused-ring (bicyclic) bond motifs is 1. The molecule has 2 aromatic rings. The second kappa shape index (κ2) is 11.4. The molecule has 4 heterocycles. The Morgan fingerprint density at radius 1 is 0.950 bits per heavy atom. The molecule has 2 saturated heterocycles. The molecule has 0 saturated carbocycles. The number of carbonyl (C=O) groups excluding carboxylic acids is 3. The molecule has 3 aliphatic heterocycles. The number of piperidine rings is 1. The lowest BCUT2D eigenvalue weighted by Gasteiger charge is -2.34. The van der Waals surface area contributed by atoms with Gasteiger partial charge in [0.2, 0.25) is 0 Å². The zero-order chi connectivity index (χ0) is 28.4. The molecule has 0 radical (unpaired) electrons. The second-order valence-corrected chi connectivity index (χ2v) is 11.4. The van der Waals surface area contributed by atoms with Gasteiger partial charge in [-0.1, -0.05) is 0 Å². The van der Waals surface area contributed by atoms with Gasteiger partial charge in [0.05, 0.1) is 19.8 Å². The van der Waals surface area contributed by atoms with E-state index >= 15 is 0 Å². The van der Waals surface area contributed by atoms with E-state index in [1.54, 1.807) is 11.9 Å². The number of hydrogen-bond donors (Lipinski definition) is 2. The summed E-state index contributed by atoms with van der Waals surface area (Å²) in [5.74, 6) is 1.52. The summed E-state index contributed by atoms with van der Waals surface area (Å²) in [4.78, 5) is 43.8. The van der Waals surface area contributed by atoms with Crippen LogP contribution in [-0.4, -0.2) is 96.2 Å². The lowest BCUT2D eigenvalue weighted by Crippen LogP contribution is -2.41. The average molecular weight is 554 g/mol. The maximum absolute atomic E-state index is 13.6. The zero-order valence-electron chi connectivity index (χ0n) is 23.7. The minimum Gasteiger partial charge on any atom is -0.444 e. The monoisotopic (exact) mass is 553 g/mol. The molecule has 2 N–H and O–H groups in total. The van der Waals surface area contributed by atoms with Crippen LogP contribution in [0.4, 0.5) is 26.9 Å². The van der Waals surface area contributed by atoms with Gasteiger partial charge in [-0.15, -0.1) is 0 Å². The number of aromatic nitrogens is 2. The number of rotatable bonds is 4. The van der Waals surface area contributed by atoms with E-state index in [2.05, 4.69) is 26.7 Å². The summed E-state index contributed by atoms with van der Waals surface area (Å²) in [7, 11) is 1.56. The van der Waals surface area contributed by atoms with Crippen molar-refractivity contribution in [3.8, 4) is 0 Å². The SMILES string of the molecule is CNC(=O)Nc1cc2n(n1)CCN2c1cc(C(=O)N2CCOCC2)cc(C2CCN(C(=O)OC(C)(C)C)CC2)c1. The number of nitrogens with zero attached hydrogens (tertiary/aromatic N) is 5. The molecule has 0 unspecified atom stereocenters. The van der Waals surface area contributed by atoms with E-state index in [4.69, 9.17) is 9.47 Å². The number of nitrogens with one attached hydrogen (secondary N) is 2. The summed E-state index contributed by atoms with van der Waals surface area (Å²) in [6.45, 7) is 10.4. The minimum absolute atomic E-state index is 0.00716. The van der Waals surface area contributed by atoms with Gasteiger partial charge in [0, 0.05) is 57.1 Å². The van der Waals surface area contributed by atoms with Crippen molar-refractivity contribution < 1.29 is 23.9 Å². The highest BCUT2D eigenvalue weighted by atomic mass is 16.6. The van der Waals surface area contributed by atoms with Crippen LogP contribution in [0.2, 0.25) is 0 Å². The van der Waals surface area contributed by atoms with Crippen molar-refractivity contribution >= 4 is 35.4 Å². The van der Waals surface area contributed by atoms with E-state index in [-0.39, 0.29) is 23.9 Å². The Kier molecular flexibility index (Phi) is 7.88. The minimum atomic E-state index is -0.533. The topological polar surface area (TPSA) is 121 Å². The molecule has 1 aromatic heterocycles. The summed E-state index contributed by atoms with van der Waals surface area (Å²) in [6, 6.07) is 7.63. The fourth-order valence-electron chi connectivity index (χ4n) is 5.42. The Labute approximate surface area is 234 Å². The highest BCUT2D eigenvalue weighted by Crippen LogP contribution is 2.37. The van der Waals surface area contributed by atoms with Crippen LogP contribution in [0.1, 0.15) is 55.5 Å². The van der Waals surface area contributed by atoms with Crippen LogP contribution in [0.15, 0.2) is 24.3 Å². The summed E-state index contributed by atoms with van der Waals surface area (Å²) in [5.41, 5.74) is 2.11. The van der Waals surface area contributed by atoms with Crippen LogP contribution in [0.25, 0.3) is 0 Å². The molecule has 4 amide bonds. The van der Waals surface area contributed by atoms with E-state index in [1.807, 2.05) is 48.6 Å². The van der Waals surface area contributed by atoms with Crippen molar-refractivity contribution in [2.45, 2.75) is 51.7 Å². The smallest absolute Gasteiger partial charge is 0.410 e. The first kappa shape index (κ1) is 27.8. The zero-order valence-corrected chi connectivity index (χ0v) is 23.7. The van der Waals surface area contributed by atoms with E-state index < -0.39 is 5.60 Å². The molecule has 40 heavy (non-hydrogen) atoms. The molecule has 0 spiro atoms. The molecule has 216 valence electrons. The molecule has 12 nitrogen and oxygen atoms in total. The molecule has 1 aromatic carbocycles. The van der Waals surface area contributed by atoms with Crippen LogP contribution in [0.3, 0.4) is 0 Å². The average Bonchev–Trinajstić information content (AvgIpc) is 3.52. The van der Waals surface area contributed by atoms with E-state index in [0.29, 0.717) is 63.9 Å². The van der Waals surface area contributed by atoms with Crippen LogP contribution in [0, 0.1) is 0 Å². The van der Waals surface area contributed by atoms with Crippen molar-refractivity contribution in [3.63, 3.8) is 0 Å². The third-order valence-corrected chi connectivity index (χ3v) is 7.45. The predicted molar refractivity (Wildman–Crippen MR) is 150 cm³/mol. The fraction of sp³-hybridized carbons (Fsp3) is 0.571. The first-order chi connectivity index (χ1) is 19.1. The maximum atomic E-state index is 13.6. The first-order valence-electron chi connectivity index (χ1n) is 14.0. The number of anilines is 3. The summed E-state index contributed by atoms with van der Waals surface area (Å²) >= 11 is 0. The molecule has 0 atom stereocenters. The van der Waals surface area contributed by atoms with Gasteiger partial charge >= 0.3 is 12.1 Å². The third-order valence-electron chi connectivity index (χ3n) is 7.45. The van der Waals surface area contributed by atoms with Gasteiger partial charge in [-0.2, -0.15) is 5.10 Å². The summed E-state index contributed by atoms with van der Waals surface area (Å²) in [5, 5.41) is 9.79. The van der Waals surface area contributed by atoms with Gasteiger partial charge in [-0.3, -0.25) is 10.1 Å². The summed E-state index contributed by atoms with van der Waals surface area (Å²) < 4.78 is 12.9. The molecule has 0 bridgehead atoms. The lowest BCUT2D eigenvalue weighted by atomic mass is 9.88. The molecule has 5 rings (SSSR count). The number of likely N-dealkylation sites (tertiary alicyclic amines) is 1. The molecule has 3 aliphatic rings. The number of urea groups is 1. The van der Waals surface area contributed by atoms with Crippen LogP contribution >= 0.6 is 0 Å². The molecular weight excluding hydrogens is 514 g/mol. The van der Waals surface area contributed by atoms with E-state index in [9.17, 15) is 14.4 Å². The Morgan fingerprint density at radius 3 is 2.35 bits per heavy atom. The predicted octanol–water partition coefficient (Wildman–Crippen LogP) is 3.37. The molecule has 2 fully saturated rings. The Bertz CT molecular complexity index is 1260. The molecule has 12 heteroatoms. The second-order valence-electron chi connectivity index (χ2n) is 11.4. The van der Waals surface area contributed by atoms with Gasteiger partial charge in [0.15, 0.2) is 5.82 Å². The number of ether oxygens (including phenoxy) is 2. The Morgan fingerprint density at radius 2 is 1.68 bits per heavy atom. The molecule has 0 aliphatic carbocycles. The van der Waals surface area contributed by atoms with E-state index in [1.165, 1.54) is 0 Å². The van der Waals surface area contributed by atoms with Gasteiger partial charge < -0.3 is 29.5 Å². The highest BCUT2D eigenvalue weighted by Gasteiger charge is 2.30. The van der Waals surface area contributed by atoms with Crippen LogP contribution in [0.5, 0.6) is 0 Å². The number of benzene rings is 1. The number of morpholine rings is 1. The lowest BCUT2D eigenvalue weighted by molar-refractivity contribution is 0.0204. The number of hydrogen-bond acceptors (Lipinski definition) is 7. The quantitative estimate of drug-likeness (QED) is 0.596. The summed E-state index contributed by atoms with van der Waals surface area (Å²) in [6.07, 6.45) is 1.28. The van der Waals surface area contributed by atoms with Crippen molar-refractivity contribution in [1.29, 1.82) is 0 Å². The highest BCUT2D eigenvalue weighted by molar-refractivity contribution is 5.96. The van der Waals surface area contributed by atoms with E-state index in [0.717, 1.165) is 29.9 Å². The van der Waals surface area contributed by atoms with Gasteiger partial charge in [-0.05, 0) is 63.3 Å². The van der Waals surface area contributed by atoms with Crippen LogP contribution in [-0.2, 0) is 16.0 Å². The largest absolute Gasteiger partial charge is 0.444 e. The standard InChI is InChI=1S/C28H39N7O5/c1-28(2,3)40-27(38)33-7-5-19(6-8-33)20-15-21(25(36)32-11-13-39-14-12-32)17-22(16-20)34-9-10-35-24(34)18-23(31-35)30-26(37)29-4/h15-19H,5-14H2,1-4H3,(H2,29,30,31,37).